The number of nitrogens with zero attached hydrogens (tertiary/aromatic N) is 1. The number of hydrogen-bond acceptors (Lipinski definition) is 4. The van der Waals surface area contributed by atoms with E-state index in [1.165, 1.54) is 11.3 Å². The molecule has 1 aromatic heterocycles. The number of rotatable bonds is 3. The number of sulfonamides is 1. The van der Waals surface area contributed by atoms with Crippen LogP contribution in [0.5, 0.6) is 0 Å². The molecule has 0 aromatic carbocycles. The van der Waals surface area contributed by atoms with Gasteiger partial charge in [-0.1, -0.05) is 19.1 Å². The molecule has 0 amide bonds. The average Bonchev–Trinajstić information content (AvgIpc) is 2.70. The highest BCUT2D eigenvalue weighted by Crippen LogP contribution is 2.22. The Labute approximate surface area is 98.8 Å². The summed E-state index contributed by atoms with van der Waals surface area (Å²) in [6.45, 7) is 2.05. The van der Waals surface area contributed by atoms with E-state index in [1.54, 1.807) is 23.7 Å². The number of nitrogens with one attached hydrogen (secondary N) is 1. The van der Waals surface area contributed by atoms with Crippen LogP contribution in [0.15, 0.2) is 34.7 Å². The molecule has 0 saturated heterocycles. The van der Waals surface area contributed by atoms with Crippen LogP contribution in [-0.4, -0.2) is 13.4 Å². The molecule has 16 heavy (non-hydrogen) atoms. The fourth-order valence-electron chi connectivity index (χ4n) is 1.35. The van der Waals surface area contributed by atoms with Gasteiger partial charge in [-0.25, -0.2) is 13.4 Å². The zero-order valence-corrected chi connectivity index (χ0v) is 10.4. The van der Waals surface area contributed by atoms with Crippen LogP contribution in [0, 0.1) is 5.92 Å². The van der Waals surface area contributed by atoms with Crippen molar-refractivity contribution in [1.29, 1.82) is 0 Å². The van der Waals surface area contributed by atoms with Crippen LogP contribution in [0.1, 0.15) is 13.3 Å². The van der Waals surface area contributed by atoms with E-state index >= 15 is 0 Å². The third kappa shape index (κ3) is 2.51. The maximum Gasteiger partial charge on any atom is 0.263 e. The lowest BCUT2D eigenvalue weighted by atomic mass is 10.0. The van der Waals surface area contributed by atoms with Gasteiger partial charge in [0.2, 0.25) is 0 Å². The van der Waals surface area contributed by atoms with E-state index in [-0.39, 0.29) is 0 Å². The molecule has 1 N–H and O–H groups in total. The van der Waals surface area contributed by atoms with Crippen molar-refractivity contribution in [1.82, 2.24) is 4.98 Å². The van der Waals surface area contributed by atoms with Crippen LogP contribution >= 0.6 is 11.3 Å². The summed E-state index contributed by atoms with van der Waals surface area (Å²) in [6, 6.07) is 0. The zero-order chi connectivity index (χ0) is 11.6. The Hall–Kier alpha value is -1.14. The fraction of sp³-hybridized carbons (Fsp3) is 0.300. The minimum absolute atomic E-state index is 0.320. The van der Waals surface area contributed by atoms with Crippen LogP contribution in [0.3, 0.4) is 0 Å². The maximum atomic E-state index is 11.9. The van der Waals surface area contributed by atoms with E-state index in [9.17, 15) is 8.42 Å². The van der Waals surface area contributed by atoms with Crippen LogP contribution in [0.2, 0.25) is 0 Å². The van der Waals surface area contributed by atoms with Crippen molar-refractivity contribution >= 4 is 26.5 Å². The van der Waals surface area contributed by atoms with E-state index in [0.29, 0.717) is 16.0 Å². The van der Waals surface area contributed by atoms with Crippen molar-refractivity contribution in [2.75, 3.05) is 4.72 Å². The first kappa shape index (κ1) is 11.3. The Bertz CT molecular complexity index is 515. The number of hydrogen-bond donors (Lipinski definition) is 1. The lowest BCUT2D eigenvalue weighted by molar-refractivity contribution is 0.606. The summed E-state index contributed by atoms with van der Waals surface area (Å²) >= 11 is 1.26. The van der Waals surface area contributed by atoms with Gasteiger partial charge in [0.15, 0.2) is 5.13 Å². The standard InChI is InChI=1S/C10H12N2O2S2/c1-8-2-4-9(5-3-8)16(13,14)12-10-11-6-7-15-10/h2,4-8H,3H2,1H3,(H,11,12). The van der Waals surface area contributed by atoms with E-state index in [4.69, 9.17) is 0 Å². The van der Waals surface area contributed by atoms with Crippen molar-refractivity contribution in [3.05, 3.63) is 34.7 Å². The van der Waals surface area contributed by atoms with Gasteiger partial charge in [0.1, 0.15) is 0 Å². The Morgan fingerprint density at radius 2 is 2.38 bits per heavy atom. The highest BCUT2D eigenvalue weighted by molar-refractivity contribution is 7.96. The van der Waals surface area contributed by atoms with Crippen LogP contribution in [-0.2, 0) is 10.0 Å². The van der Waals surface area contributed by atoms with E-state index in [2.05, 4.69) is 9.71 Å². The highest BCUT2D eigenvalue weighted by atomic mass is 32.2. The molecular formula is C10H12N2O2S2. The highest BCUT2D eigenvalue weighted by Gasteiger charge is 2.18. The van der Waals surface area contributed by atoms with Gasteiger partial charge in [0.05, 0.1) is 4.91 Å². The summed E-state index contributed by atoms with van der Waals surface area (Å²) in [5.74, 6) is 0.402. The van der Waals surface area contributed by atoms with Crippen molar-refractivity contribution in [3.8, 4) is 0 Å². The lowest BCUT2D eigenvalue weighted by Crippen LogP contribution is -2.15. The normalized spacial score (nSPS) is 20.6. The third-order valence-corrected chi connectivity index (χ3v) is 4.45. The average molecular weight is 256 g/mol. The summed E-state index contributed by atoms with van der Waals surface area (Å²) in [5.41, 5.74) is 0. The Morgan fingerprint density at radius 3 is 2.94 bits per heavy atom. The molecule has 1 aliphatic rings. The summed E-state index contributed by atoms with van der Waals surface area (Å²) in [6.07, 6.45) is 7.60. The molecule has 0 bridgehead atoms. The molecule has 0 spiro atoms. The van der Waals surface area contributed by atoms with Crippen molar-refractivity contribution < 1.29 is 8.42 Å². The summed E-state index contributed by atoms with van der Waals surface area (Å²) in [7, 11) is -3.46. The van der Waals surface area contributed by atoms with Gasteiger partial charge in [-0.15, -0.1) is 11.3 Å². The van der Waals surface area contributed by atoms with Gasteiger partial charge < -0.3 is 0 Å². The molecule has 0 fully saturated rings. The maximum absolute atomic E-state index is 11.9. The van der Waals surface area contributed by atoms with E-state index in [1.807, 2.05) is 13.0 Å². The van der Waals surface area contributed by atoms with Crippen LogP contribution < -0.4 is 4.72 Å². The lowest BCUT2D eigenvalue weighted by Gasteiger charge is -2.12. The molecule has 1 unspecified atom stereocenters. The summed E-state index contributed by atoms with van der Waals surface area (Å²) < 4.78 is 26.2. The van der Waals surface area contributed by atoms with Crippen molar-refractivity contribution in [2.45, 2.75) is 13.3 Å². The Morgan fingerprint density at radius 1 is 1.56 bits per heavy atom. The molecule has 0 radical (unpaired) electrons. The van der Waals surface area contributed by atoms with Crippen LogP contribution in [0.4, 0.5) is 5.13 Å². The van der Waals surface area contributed by atoms with Gasteiger partial charge in [0.25, 0.3) is 10.0 Å². The molecule has 4 nitrogen and oxygen atoms in total. The van der Waals surface area contributed by atoms with Crippen molar-refractivity contribution in [3.63, 3.8) is 0 Å². The van der Waals surface area contributed by atoms with Crippen LogP contribution in [0.25, 0.3) is 0 Å². The smallest absolute Gasteiger partial charge is 0.255 e. The predicted molar refractivity (Wildman–Crippen MR) is 65.7 cm³/mol. The second kappa shape index (κ2) is 4.39. The van der Waals surface area contributed by atoms with Gasteiger partial charge in [-0.3, -0.25) is 4.72 Å². The minimum Gasteiger partial charge on any atom is -0.255 e. The molecule has 0 saturated carbocycles. The molecule has 1 aromatic rings. The second-order valence-corrected chi connectivity index (χ2v) is 6.20. The molecule has 1 aliphatic carbocycles. The van der Waals surface area contributed by atoms with E-state index in [0.717, 1.165) is 6.42 Å². The Balaban J connectivity index is 2.18. The first-order valence-corrected chi connectivity index (χ1v) is 7.25. The first-order chi connectivity index (χ1) is 7.58. The summed E-state index contributed by atoms with van der Waals surface area (Å²) in [4.78, 5) is 4.21. The molecule has 6 heteroatoms. The zero-order valence-electron chi connectivity index (χ0n) is 8.75. The molecule has 0 aliphatic heterocycles. The van der Waals surface area contributed by atoms with E-state index < -0.39 is 10.0 Å². The topological polar surface area (TPSA) is 59.1 Å². The molecular weight excluding hydrogens is 244 g/mol. The van der Waals surface area contributed by atoms with Crippen molar-refractivity contribution in [2.24, 2.45) is 5.92 Å². The molecule has 1 heterocycles. The van der Waals surface area contributed by atoms with Gasteiger partial charge >= 0.3 is 0 Å². The third-order valence-electron chi connectivity index (χ3n) is 2.24. The minimum atomic E-state index is -3.46. The number of thiazole rings is 1. The predicted octanol–water partition coefficient (Wildman–Crippen LogP) is 2.36. The largest absolute Gasteiger partial charge is 0.263 e. The SMILES string of the molecule is CC1C=CC(S(=O)(=O)Nc2nccs2)=CC1. The Kier molecular flexibility index (Phi) is 3.11. The quantitative estimate of drug-likeness (QED) is 0.903. The molecule has 2 rings (SSSR count). The second-order valence-electron chi connectivity index (χ2n) is 3.62. The molecule has 86 valence electrons. The summed E-state index contributed by atoms with van der Waals surface area (Å²) in [5, 5.41) is 2.12. The number of allylic oxidation sites excluding steroid dienone is 3. The van der Waals surface area contributed by atoms with Gasteiger partial charge in [-0.2, -0.15) is 0 Å². The number of aromatic nitrogens is 1. The fourth-order valence-corrected chi connectivity index (χ4v) is 3.22. The van der Waals surface area contributed by atoms with Gasteiger partial charge in [-0.05, 0) is 18.4 Å². The number of anilines is 1. The monoisotopic (exact) mass is 256 g/mol. The van der Waals surface area contributed by atoms with Gasteiger partial charge in [0, 0.05) is 11.6 Å². The first-order valence-electron chi connectivity index (χ1n) is 4.88. The molecule has 1 atom stereocenters.